The van der Waals surface area contributed by atoms with Crippen LogP contribution in [0, 0.1) is 0 Å². The fraction of sp³-hybridized carbons (Fsp3) is 0.357. The molecule has 1 aromatic carbocycles. The van der Waals surface area contributed by atoms with Gasteiger partial charge in [-0.2, -0.15) is 5.10 Å². The SMILES string of the molecule is CCCn1ncnc1CC(C(=O)O)c1ccc(Br)cc1. The van der Waals surface area contributed by atoms with Crippen LogP contribution in [0.5, 0.6) is 0 Å². The second-order valence-electron chi connectivity index (χ2n) is 4.55. The van der Waals surface area contributed by atoms with Crippen LogP contribution in [0.25, 0.3) is 0 Å². The van der Waals surface area contributed by atoms with E-state index in [0.717, 1.165) is 23.0 Å². The van der Waals surface area contributed by atoms with Gasteiger partial charge < -0.3 is 5.11 Å². The molecule has 0 aliphatic carbocycles. The van der Waals surface area contributed by atoms with E-state index in [4.69, 9.17) is 0 Å². The van der Waals surface area contributed by atoms with Crippen LogP contribution in [0.4, 0.5) is 0 Å². The van der Waals surface area contributed by atoms with Crippen LogP contribution in [0.2, 0.25) is 0 Å². The molecule has 1 N–H and O–H groups in total. The van der Waals surface area contributed by atoms with Crippen molar-refractivity contribution < 1.29 is 9.90 Å². The lowest BCUT2D eigenvalue weighted by atomic mass is 9.95. The molecule has 0 saturated heterocycles. The van der Waals surface area contributed by atoms with Crippen LogP contribution < -0.4 is 0 Å². The van der Waals surface area contributed by atoms with Gasteiger partial charge >= 0.3 is 5.97 Å². The topological polar surface area (TPSA) is 68.0 Å². The zero-order valence-corrected chi connectivity index (χ0v) is 12.7. The minimum Gasteiger partial charge on any atom is -0.481 e. The summed E-state index contributed by atoms with van der Waals surface area (Å²) in [5.74, 6) is -0.747. The number of hydrogen-bond acceptors (Lipinski definition) is 3. The largest absolute Gasteiger partial charge is 0.481 e. The Morgan fingerprint density at radius 2 is 2.10 bits per heavy atom. The summed E-state index contributed by atoms with van der Waals surface area (Å²) >= 11 is 3.35. The average Bonchev–Trinajstić information content (AvgIpc) is 2.85. The van der Waals surface area contributed by atoms with Crippen LogP contribution in [0.1, 0.15) is 30.7 Å². The van der Waals surface area contributed by atoms with Gasteiger partial charge in [-0.3, -0.25) is 9.48 Å². The van der Waals surface area contributed by atoms with E-state index in [1.807, 2.05) is 24.3 Å². The molecule has 6 heteroatoms. The molecule has 2 aromatic rings. The van der Waals surface area contributed by atoms with Crippen molar-refractivity contribution in [3.8, 4) is 0 Å². The molecule has 20 heavy (non-hydrogen) atoms. The van der Waals surface area contributed by atoms with Gasteiger partial charge in [0.25, 0.3) is 0 Å². The molecule has 106 valence electrons. The van der Waals surface area contributed by atoms with E-state index in [0.29, 0.717) is 12.2 Å². The van der Waals surface area contributed by atoms with Crippen molar-refractivity contribution in [2.45, 2.75) is 32.2 Å². The molecule has 0 radical (unpaired) electrons. The average molecular weight is 338 g/mol. The van der Waals surface area contributed by atoms with Gasteiger partial charge in [0.2, 0.25) is 0 Å². The van der Waals surface area contributed by atoms with E-state index in [9.17, 15) is 9.90 Å². The molecule has 0 fully saturated rings. The lowest BCUT2D eigenvalue weighted by Gasteiger charge is -2.13. The van der Waals surface area contributed by atoms with E-state index in [1.165, 1.54) is 6.33 Å². The third-order valence-electron chi connectivity index (χ3n) is 3.09. The Kier molecular flexibility index (Phi) is 4.89. The van der Waals surface area contributed by atoms with Gasteiger partial charge in [0.15, 0.2) is 0 Å². The maximum atomic E-state index is 11.5. The summed E-state index contributed by atoms with van der Waals surface area (Å²) in [6.07, 6.45) is 2.76. The first-order valence-corrected chi connectivity index (χ1v) is 7.26. The molecule has 1 aromatic heterocycles. The van der Waals surface area contributed by atoms with Crippen molar-refractivity contribution >= 4 is 21.9 Å². The number of halogens is 1. The Morgan fingerprint density at radius 3 is 2.70 bits per heavy atom. The first-order chi connectivity index (χ1) is 9.61. The van der Waals surface area contributed by atoms with Crippen LogP contribution in [-0.4, -0.2) is 25.8 Å². The zero-order chi connectivity index (χ0) is 14.5. The van der Waals surface area contributed by atoms with Gasteiger partial charge in [0.1, 0.15) is 12.2 Å². The summed E-state index contributed by atoms with van der Waals surface area (Å²) in [5, 5.41) is 13.6. The Hall–Kier alpha value is -1.69. The minimum absolute atomic E-state index is 0.344. The summed E-state index contributed by atoms with van der Waals surface area (Å²) in [7, 11) is 0. The number of aryl methyl sites for hydroxylation is 1. The Bertz CT molecular complexity index is 580. The standard InChI is InChI=1S/C14H16BrN3O2/c1-2-7-18-13(16-9-17-18)8-12(14(19)20)10-3-5-11(15)6-4-10/h3-6,9,12H,2,7-8H2,1H3,(H,19,20). The van der Waals surface area contributed by atoms with E-state index in [1.54, 1.807) is 4.68 Å². The third kappa shape index (κ3) is 3.45. The molecule has 0 spiro atoms. The molecular formula is C14H16BrN3O2. The van der Waals surface area contributed by atoms with Crippen molar-refractivity contribution in [1.29, 1.82) is 0 Å². The fourth-order valence-electron chi connectivity index (χ4n) is 2.07. The Balaban J connectivity index is 2.23. The Morgan fingerprint density at radius 1 is 1.40 bits per heavy atom. The number of rotatable bonds is 6. The highest BCUT2D eigenvalue weighted by Crippen LogP contribution is 2.22. The number of nitrogens with zero attached hydrogens (tertiary/aromatic N) is 3. The zero-order valence-electron chi connectivity index (χ0n) is 11.2. The van der Waals surface area contributed by atoms with Crippen molar-refractivity contribution in [1.82, 2.24) is 14.8 Å². The maximum Gasteiger partial charge on any atom is 0.311 e. The second kappa shape index (κ2) is 6.65. The number of carboxylic acid groups (broad SMARTS) is 1. The normalized spacial score (nSPS) is 12.3. The number of carbonyl (C=O) groups is 1. The molecule has 1 atom stereocenters. The summed E-state index contributed by atoms with van der Waals surface area (Å²) in [4.78, 5) is 15.7. The van der Waals surface area contributed by atoms with E-state index < -0.39 is 11.9 Å². The second-order valence-corrected chi connectivity index (χ2v) is 5.46. The minimum atomic E-state index is -0.849. The lowest BCUT2D eigenvalue weighted by Crippen LogP contribution is -2.17. The summed E-state index contributed by atoms with van der Waals surface area (Å²) in [6, 6.07) is 7.34. The number of carboxylic acids is 1. The summed E-state index contributed by atoms with van der Waals surface area (Å²) < 4.78 is 2.70. The first kappa shape index (κ1) is 14.7. The molecule has 0 bridgehead atoms. The van der Waals surface area contributed by atoms with Gasteiger partial charge in [-0.25, -0.2) is 4.98 Å². The molecule has 2 rings (SSSR count). The third-order valence-corrected chi connectivity index (χ3v) is 3.62. The van der Waals surface area contributed by atoms with Crippen LogP contribution in [0.3, 0.4) is 0 Å². The lowest BCUT2D eigenvalue weighted by molar-refractivity contribution is -0.138. The quantitative estimate of drug-likeness (QED) is 0.879. The molecule has 0 aliphatic rings. The molecule has 0 aliphatic heterocycles. The number of hydrogen-bond donors (Lipinski definition) is 1. The van der Waals surface area contributed by atoms with E-state index in [2.05, 4.69) is 32.9 Å². The smallest absolute Gasteiger partial charge is 0.311 e. The molecule has 1 heterocycles. The number of aromatic nitrogens is 3. The highest BCUT2D eigenvalue weighted by molar-refractivity contribution is 9.10. The molecule has 0 amide bonds. The maximum absolute atomic E-state index is 11.5. The number of benzene rings is 1. The predicted molar refractivity (Wildman–Crippen MR) is 78.5 cm³/mol. The Labute approximate surface area is 125 Å². The first-order valence-electron chi connectivity index (χ1n) is 6.46. The molecule has 5 nitrogen and oxygen atoms in total. The van der Waals surface area contributed by atoms with Gasteiger partial charge in [-0.05, 0) is 24.1 Å². The monoisotopic (exact) mass is 337 g/mol. The summed E-state index contributed by atoms with van der Waals surface area (Å²) in [6.45, 7) is 2.80. The highest BCUT2D eigenvalue weighted by Gasteiger charge is 2.22. The van der Waals surface area contributed by atoms with Gasteiger partial charge in [0, 0.05) is 17.4 Å². The molecular weight excluding hydrogens is 322 g/mol. The highest BCUT2D eigenvalue weighted by atomic mass is 79.9. The van der Waals surface area contributed by atoms with Crippen LogP contribution in [-0.2, 0) is 17.8 Å². The van der Waals surface area contributed by atoms with E-state index >= 15 is 0 Å². The van der Waals surface area contributed by atoms with Crippen LogP contribution in [0.15, 0.2) is 35.1 Å². The fourth-order valence-corrected chi connectivity index (χ4v) is 2.33. The van der Waals surface area contributed by atoms with Crippen molar-refractivity contribution in [3.05, 3.63) is 46.5 Å². The summed E-state index contributed by atoms with van der Waals surface area (Å²) in [5.41, 5.74) is 0.770. The number of aliphatic carboxylic acids is 1. The van der Waals surface area contributed by atoms with Crippen molar-refractivity contribution in [3.63, 3.8) is 0 Å². The van der Waals surface area contributed by atoms with Crippen molar-refractivity contribution in [2.75, 3.05) is 0 Å². The molecule has 0 saturated carbocycles. The van der Waals surface area contributed by atoms with Gasteiger partial charge in [-0.1, -0.05) is 35.0 Å². The molecule has 1 unspecified atom stereocenters. The van der Waals surface area contributed by atoms with Crippen LogP contribution >= 0.6 is 15.9 Å². The van der Waals surface area contributed by atoms with Gasteiger partial charge in [-0.15, -0.1) is 0 Å². The van der Waals surface area contributed by atoms with E-state index in [-0.39, 0.29) is 0 Å². The predicted octanol–water partition coefficient (Wildman–Crippen LogP) is 2.86. The van der Waals surface area contributed by atoms with Gasteiger partial charge in [0.05, 0.1) is 5.92 Å². The van der Waals surface area contributed by atoms with Crippen molar-refractivity contribution in [2.24, 2.45) is 0 Å².